The van der Waals surface area contributed by atoms with Crippen LogP contribution in [-0.4, -0.2) is 36.4 Å². The molecule has 0 spiro atoms. The lowest BCUT2D eigenvalue weighted by atomic mass is 10.0. The molecule has 0 bridgehead atoms. The lowest BCUT2D eigenvalue weighted by Crippen LogP contribution is -2.28. The second-order valence-corrected chi connectivity index (χ2v) is 21.5. The molecule has 0 rings (SSSR count). The van der Waals surface area contributed by atoms with E-state index in [1.165, 1.54) is 244 Å². The van der Waals surface area contributed by atoms with E-state index in [1.807, 2.05) is 0 Å². The van der Waals surface area contributed by atoms with Crippen LogP contribution in [0.25, 0.3) is 0 Å². The maximum atomic E-state index is 12.3. The van der Waals surface area contributed by atoms with Crippen LogP contribution in [0.2, 0.25) is 0 Å². The van der Waals surface area contributed by atoms with Crippen LogP contribution in [0.5, 0.6) is 0 Å². The maximum Gasteiger partial charge on any atom is 0.306 e. The fraction of sp³-hybridized carbons (Fsp3) is 0.848. The van der Waals surface area contributed by atoms with Crippen LogP contribution in [0.3, 0.4) is 0 Å². The Balaban J connectivity index is 3.39. The molecular weight excluding hydrogens is 873 g/mol. The average Bonchev–Trinajstić information content (AvgIpc) is 3.37. The topological polar surface area (TPSA) is 72.8 Å². The summed E-state index contributed by atoms with van der Waals surface area (Å²) in [5.74, 6) is -0.585. The monoisotopic (exact) mass is 995 g/mol. The Morgan fingerprint density at radius 2 is 0.606 bits per heavy atom. The average molecular weight is 996 g/mol. The third kappa shape index (κ3) is 60.3. The van der Waals surface area contributed by atoms with E-state index in [4.69, 9.17) is 9.47 Å². The molecule has 0 saturated carbocycles. The molecule has 0 amide bonds. The van der Waals surface area contributed by atoms with Crippen molar-refractivity contribution < 1.29 is 24.2 Å². The zero-order valence-corrected chi connectivity index (χ0v) is 47.8. The minimum atomic E-state index is -0.777. The fourth-order valence-electron chi connectivity index (χ4n) is 9.67. The van der Waals surface area contributed by atoms with Crippen molar-refractivity contribution >= 4 is 11.9 Å². The number of ether oxygens (including phenoxy) is 2. The smallest absolute Gasteiger partial charge is 0.306 e. The number of hydrogen-bond acceptors (Lipinski definition) is 5. The number of hydrogen-bond donors (Lipinski definition) is 1. The van der Waals surface area contributed by atoms with Crippen LogP contribution < -0.4 is 0 Å². The highest BCUT2D eigenvalue weighted by Gasteiger charge is 2.16. The van der Waals surface area contributed by atoms with Gasteiger partial charge in [-0.25, -0.2) is 0 Å². The van der Waals surface area contributed by atoms with E-state index in [0.29, 0.717) is 12.8 Å². The Morgan fingerprint density at radius 1 is 0.338 bits per heavy atom. The van der Waals surface area contributed by atoms with Crippen molar-refractivity contribution in [3.63, 3.8) is 0 Å². The molecule has 0 aromatic rings. The third-order valence-electron chi connectivity index (χ3n) is 14.4. The number of carbonyl (C=O) groups excluding carboxylic acids is 2. The van der Waals surface area contributed by atoms with Gasteiger partial charge in [-0.05, 0) is 51.4 Å². The fourth-order valence-corrected chi connectivity index (χ4v) is 9.67. The molecule has 0 aliphatic carbocycles. The van der Waals surface area contributed by atoms with Crippen molar-refractivity contribution in [2.45, 2.75) is 347 Å². The van der Waals surface area contributed by atoms with E-state index < -0.39 is 6.10 Å². The summed E-state index contributed by atoms with van der Waals surface area (Å²) in [7, 11) is 0. The van der Waals surface area contributed by atoms with Gasteiger partial charge in [-0.15, -0.1) is 0 Å². The molecule has 5 nitrogen and oxygen atoms in total. The first-order valence-electron chi connectivity index (χ1n) is 31.7. The Hall–Kier alpha value is -2.14. The van der Waals surface area contributed by atoms with Crippen molar-refractivity contribution in [2.75, 3.05) is 13.2 Å². The summed E-state index contributed by atoms with van der Waals surface area (Å²) in [5, 5.41) is 9.66. The molecule has 0 fully saturated rings. The molecule has 0 aliphatic rings. The molecule has 5 heteroatoms. The van der Waals surface area contributed by atoms with Crippen molar-refractivity contribution in [1.29, 1.82) is 0 Å². The number of aliphatic hydroxyl groups excluding tert-OH is 1. The summed E-state index contributed by atoms with van der Waals surface area (Å²) in [4.78, 5) is 24.6. The Morgan fingerprint density at radius 3 is 0.915 bits per heavy atom. The van der Waals surface area contributed by atoms with Gasteiger partial charge in [-0.1, -0.05) is 326 Å². The summed E-state index contributed by atoms with van der Waals surface area (Å²) < 4.78 is 10.7. The summed E-state index contributed by atoms with van der Waals surface area (Å²) in [6.07, 6.45) is 82.7. The number of allylic oxidation sites excluding steroid dienone is 8. The van der Waals surface area contributed by atoms with Gasteiger partial charge in [0.2, 0.25) is 0 Å². The summed E-state index contributed by atoms with van der Waals surface area (Å²) in [5.41, 5.74) is 0. The van der Waals surface area contributed by atoms with Gasteiger partial charge in [0.25, 0.3) is 0 Å². The highest BCUT2D eigenvalue weighted by molar-refractivity contribution is 5.70. The molecule has 0 radical (unpaired) electrons. The lowest BCUT2D eigenvalue weighted by Gasteiger charge is -2.15. The molecule has 0 aromatic carbocycles. The molecule has 1 unspecified atom stereocenters. The van der Waals surface area contributed by atoms with Gasteiger partial charge in [-0.2, -0.15) is 0 Å². The normalized spacial score (nSPS) is 12.4. The van der Waals surface area contributed by atoms with Crippen molar-refractivity contribution in [2.24, 2.45) is 0 Å². The van der Waals surface area contributed by atoms with Gasteiger partial charge < -0.3 is 14.6 Å². The molecule has 416 valence electrons. The summed E-state index contributed by atoms with van der Waals surface area (Å²) in [6, 6.07) is 0. The highest BCUT2D eigenvalue weighted by Crippen LogP contribution is 2.18. The minimum absolute atomic E-state index is 0.0664. The minimum Gasteiger partial charge on any atom is -0.462 e. The second kappa shape index (κ2) is 62.2. The second-order valence-electron chi connectivity index (χ2n) is 21.5. The van der Waals surface area contributed by atoms with Crippen molar-refractivity contribution in [3.05, 3.63) is 48.6 Å². The first-order chi connectivity index (χ1) is 35.1. The third-order valence-corrected chi connectivity index (χ3v) is 14.4. The van der Waals surface area contributed by atoms with Crippen LogP contribution in [0.1, 0.15) is 341 Å². The number of rotatable bonds is 59. The molecule has 0 saturated heterocycles. The first-order valence-corrected chi connectivity index (χ1v) is 31.7. The highest BCUT2D eigenvalue weighted by atomic mass is 16.6. The van der Waals surface area contributed by atoms with E-state index in [2.05, 4.69) is 62.5 Å². The van der Waals surface area contributed by atoms with Crippen LogP contribution in [-0.2, 0) is 19.1 Å². The summed E-state index contributed by atoms with van der Waals surface area (Å²) >= 11 is 0. The van der Waals surface area contributed by atoms with Crippen LogP contribution in [0.15, 0.2) is 48.6 Å². The van der Waals surface area contributed by atoms with Gasteiger partial charge in [0.05, 0.1) is 6.61 Å². The van der Waals surface area contributed by atoms with Gasteiger partial charge in [0.1, 0.15) is 6.61 Å². The maximum absolute atomic E-state index is 12.3. The molecule has 0 aliphatic heterocycles. The van der Waals surface area contributed by atoms with Gasteiger partial charge in [0.15, 0.2) is 6.10 Å². The Kier molecular flexibility index (Phi) is 60.3. The molecule has 1 atom stereocenters. The quantitative estimate of drug-likeness (QED) is 0.0373. The van der Waals surface area contributed by atoms with E-state index >= 15 is 0 Å². The molecule has 71 heavy (non-hydrogen) atoms. The Labute approximate surface area is 443 Å². The van der Waals surface area contributed by atoms with Crippen LogP contribution in [0.4, 0.5) is 0 Å². The van der Waals surface area contributed by atoms with E-state index in [1.54, 1.807) is 0 Å². The zero-order valence-electron chi connectivity index (χ0n) is 47.8. The first kappa shape index (κ1) is 68.9. The van der Waals surface area contributed by atoms with Gasteiger partial charge in [-0.3, -0.25) is 9.59 Å². The predicted molar refractivity (Wildman–Crippen MR) is 311 cm³/mol. The molecular formula is C66H122O5. The molecule has 0 heterocycles. The lowest BCUT2D eigenvalue weighted by molar-refractivity contribution is -0.161. The van der Waals surface area contributed by atoms with Crippen molar-refractivity contribution in [3.8, 4) is 0 Å². The Bertz CT molecular complexity index is 1170. The van der Waals surface area contributed by atoms with Crippen molar-refractivity contribution in [1.82, 2.24) is 0 Å². The number of carbonyl (C=O) groups is 2. The zero-order chi connectivity index (χ0) is 51.3. The largest absolute Gasteiger partial charge is 0.462 e. The summed E-state index contributed by atoms with van der Waals surface area (Å²) in [6.45, 7) is 4.07. The van der Waals surface area contributed by atoms with E-state index in [9.17, 15) is 14.7 Å². The standard InChI is InChI=1S/C66H122O5/c1-3-5-7-9-11-13-15-17-19-21-23-25-26-27-28-29-30-31-32-33-34-35-36-37-38-39-41-42-44-46-48-50-52-54-56-58-60-65(68)70-63-64(62-67)71-66(69)61-59-57-55-53-51-49-47-45-43-40-24-22-20-18-16-14-12-10-8-6-4-2/h6,8,12,14,18,20,24,40,64,67H,3-5,7,9-11,13,15-17,19,21-23,25-39,41-63H2,1-2H3/b8-6-,14-12-,20-18-,40-24-. The SMILES string of the molecule is CC/C=C\C/C=C\C/C=C\C/C=C\CCCCCCCCCCC(=O)OC(CO)COC(=O)CCCCCCCCCCCCCCCCCCCCCCCCCCCCCCCCCCCCCC. The predicted octanol–water partition coefficient (Wildman–Crippen LogP) is 21.6. The van der Waals surface area contributed by atoms with Gasteiger partial charge in [0, 0.05) is 12.8 Å². The molecule has 1 N–H and O–H groups in total. The van der Waals surface area contributed by atoms with Crippen LogP contribution >= 0.6 is 0 Å². The van der Waals surface area contributed by atoms with E-state index in [0.717, 1.165) is 70.6 Å². The number of unbranched alkanes of at least 4 members (excludes halogenated alkanes) is 43. The van der Waals surface area contributed by atoms with Crippen LogP contribution in [0, 0.1) is 0 Å². The number of esters is 2. The molecule has 0 aromatic heterocycles. The van der Waals surface area contributed by atoms with E-state index in [-0.39, 0.29) is 25.2 Å². The van der Waals surface area contributed by atoms with Gasteiger partial charge >= 0.3 is 11.9 Å². The number of aliphatic hydroxyl groups is 1.